The number of hydrogen-bond acceptors (Lipinski definition) is 4. The average molecular weight is 422 g/mol. The smallest absolute Gasteiger partial charge is 0.328 e. The Morgan fingerprint density at radius 3 is 2.63 bits per heavy atom. The van der Waals surface area contributed by atoms with Gasteiger partial charge < -0.3 is 14.5 Å². The quantitative estimate of drug-likeness (QED) is 0.574. The number of esters is 1. The van der Waals surface area contributed by atoms with Crippen molar-refractivity contribution in [1.82, 2.24) is 9.80 Å². The minimum Gasteiger partial charge on any atom is -0.467 e. The molecule has 0 radical (unpaired) electrons. The molecule has 2 atom stereocenters. The molecule has 1 saturated heterocycles. The summed E-state index contributed by atoms with van der Waals surface area (Å²) in [6.07, 6.45) is 3.42. The van der Waals surface area contributed by atoms with E-state index in [0.29, 0.717) is 25.3 Å². The fourth-order valence-electron chi connectivity index (χ4n) is 4.12. The van der Waals surface area contributed by atoms with E-state index in [1.54, 1.807) is 6.92 Å². The van der Waals surface area contributed by atoms with Crippen LogP contribution in [0.15, 0.2) is 18.2 Å². The van der Waals surface area contributed by atoms with E-state index in [4.69, 9.17) is 4.74 Å². The third-order valence-electron chi connectivity index (χ3n) is 6.00. The van der Waals surface area contributed by atoms with E-state index < -0.39 is 29.7 Å². The number of rotatable bonds is 9. The molecule has 1 aromatic carbocycles. The van der Waals surface area contributed by atoms with Crippen LogP contribution in [0.4, 0.5) is 8.78 Å². The maximum atomic E-state index is 14.1. The van der Waals surface area contributed by atoms with E-state index in [2.05, 4.69) is 0 Å². The van der Waals surface area contributed by atoms with Gasteiger partial charge in [0.25, 0.3) is 0 Å². The van der Waals surface area contributed by atoms with Crippen molar-refractivity contribution < 1.29 is 27.9 Å². The Bertz CT molecular complexity index is 812. The van der Waals surface area contributed by atoms with Gasteiger partial charge in [-0.2, -0.15) is 0 Å². The highest BCUT2D eigenvalue weighted by molar-refractivity contribution is 5.86. The van der Waals surface area contributed by atoms with Crippen LogP contribution in [0.2, 0.25) is 0 Å². The molecule has 0 N–H and O–H groups in total. The third-order valence-corrected chi connectivity index (χ3v) is 6.00. The summed E-state index contributed by atoms with van der Waals surface area (Å²) in [6.45, 7) is 2.07. The zero-order valence-corrected chi connectivity index (χ0v) is 17.4. The van der Waals surface area contributed by atoms with Crippen LogP contribution >= 0.6 is 0 Å². The van der Waals surface area contributed by atoms with Crippen molar-refractivity contribution in [2.24, 2.45) is 5.92 Å². The van der Waals surface area contributed by atoms with Crippen LogP contribution in [0.5, 0.6) is 0 Å². The topological polar surface area (TPSA) is 66.9 Å². The standard InChI is InChI=1S/C22H28F2N2O4/c1-3-25(18(22(29)30-2)11-14-7-8-14)20(28)12-16-9-10-19(27)26(16)13-15-5-4-6-17(23)21(15)24/h4-6,14,16,18H,3,7-13H2,1-2H3/t16-,18-/m0/s1. The predicted octanol–water partition coefficient (Wildman–Crippen LogP) is 3.04. The summed E-state index contributed by atoms with van der Waals surface area (Å²) < 4.78 is 32.5. The fraction of sp³-hybridized carbons (Fsp3) is 0.591. The Morgan fingerprint density at radius 2 is 2.00 bits per heavy atom. The largest absolute Gasteiger partial charge is 0.467 e. The number of hydrogen-bond donors (Lipinski definition) is 0. The number of methoxy groups -OCH3 is 1. The molecule has 164 valence electrons. The third kappa shape index (κ3) is 4.96. The van der Waals surface area contributed by atoms with Crippen molar-refractivity contribution >= 4 is 17.8 Å². The Balaban J connectivity index is 1.71. The number of likely N-dealkylation sites (N-methyl/N-ethyl adjacent to an activating group) is 1. The van der Waals surface area contributed by atoms with Crippen LogP contribution in [-0.2, 0) is 25.7 Å². The molecule has 1 heterocycles. The van der Waals surface area contributed by atoms with Crippen molar-refractivity contribution in [1.29, 1.82) is 0 Å². The van der Waals surface area contributed by atoms with Gasteiger partial charge in [0.15, 0.2) is 11.6 Å². The Hall–Kier alpha value is -2.51. The second kappa shape index (κ2) is 9.53. The molecule has 2 aliphatic rings. The first kappa shape index (κ1) is 22.2. The first-order valence-electron chi connectivity index (χ1n) is 10.4. The van der Waals surface area contributed by atoms with Crippen molar-refractivity contribution in [2.45, 2.75) is 64.1 Å². The Labute approximate surface area is 175 Å². The van der Waals surface area contributed by atoms with E-state index in [-0.39, 0.29) is 36.8 Å². The summed E-state index contributed by atoms with van der Waals surface area (Å²) in [4.78, 5) is 40.7. The molecule has 30 heavy (non-hydrogen) atoms. The maximum Gasteiger partial charge on any atom is 0.328 e. The highest BCUT2D eigenvalue weighted by Crippen LogP contribution is 2.35. The second-order valence-electron chi connectivity index (χ2n) is 8.03. The summed E-state index contributed by atoms with van der Waals surface area (Å²) >= 11 is 0. The summed E-state index contributed by atoms with van der Waals surface area (Å²) in [6, 6.07) is 2.81. The molecule has 1 aliphatic carbocycles. The van der Waals surface area contributed by atoms with E-state index in [1.807, 2.05) is 0 Å². The number of nitrogens with zero attached hydrogens (tertiary/aromatic N) is 2. The molecule has 2 fully saturated rings. The van der Waals surface area contributed by atoms with Gasteiger partial charge >= 0.3 is 5.97 Å². The van der Waals surface area contributed by atoms with Gasteiger partial charge in [0.1, 0.15) is 6.04 Å². The molecular weight excluding hydrogens is 394 g/mol. The first-order valence-corrected chi connectivity index (χ1v) is 10.4. The summed E-state index contributed by atoms with van der Waals surface area (Å²) in [5, 5.41) is 0. The molecule has 0 aromatic heterocycles. The van der Waals surface area contributed by atoms with Crippen LogP contribution in [0, 0.1) is 17.6 Å². The molecule has 2 amide bonds. The zero-order chi connectivity index (χ0) is 21.8. The summed E-state index contributed by atoms with van der Waals surface area (Å²) in [5.41, 5.74) is 0.0798. The van der Waals surface area contributed by atoms with E-state index >= 15 is 0 Å². The van der Waals surface area contributed by atoms with Crippen LogP contribution in [0.25, 0.3) is 0 Å². The first-order chi connectivity index (χ1) is 14.3. The molecule has 0 unspecified atom stereocenters. The molecule has 8 heteroatoms. The van der Waals surface area contributed by atoms with Gasteiger partial charge in [-0.1, -0.05) is 25.0 Å². The number of carbonyl (C=O) groups is 3. The lowest BCUT2D eigenvalue weighted by Gasteiger charge is -2.32. The molecule has 3 rings (SSSR count). The van der Waals surface area contributed by atoms with E-state index in [1.165, 1.54) is 29.0 Å². The van der Waals surface area contributed by atoms with E-state index in [9.17, 15) is 23.2 Å². The number of amides is 2. The molecule has 1 aromatic rings. The summed E-state index contributed by atoms with van der Waals surface area (Å²) in [7, 11) is 1.31. The number of likely N-dealkylation sites (tertiary alicyclic amines) is 1. The molecule has 1 saturated carbocycles. The highest BCUT2D eigenvalue weighted by Gasteiger charge is 2.38. The normalized spacial score (nSPS) is 19.7. The van der Waals surface area contributed by atoms with Gasteiger partial charge in [0, 0.05) is 37.5 Å². The highest BCUT2D eigenvalue weighted by atomic mass is 19.2. The van der Waals surface area contributed by atoms with Gasteiger partial charge in [-0.15, -0.1) is 0 Å². The van der Waals surface area contributed by atoms with Gasteiger partial charge in [-0.3, -0.25) is 9.59 Å². The second-order valence-corrected chi connectivity index (χ2v) is 8.03. The van der Waals surface area contributed by atoms with Crippen LogP contribution in [0.3, 0.4) is 0 Å². The van der Waals surface area contributed by atoms with Gasteiger partial charge in [-0.05, 0) is 31.7 Å². The summed E-state index contributed by atoms with van der Waals surface area (Å²) in [5.74, 6) is -2.38. The zero-order valence-electron chi connectivity index (χ0n) is 17.4. The lowest BCUT2D eigenvalue weighted by atomic mass is 10.1. The van der Waals surface area contributed by atoms with Crippen molar-refractivity contribution in [3.05, 3.63) is 35.4 Å². The SMILES string of the molecule is CCN(C(=O)C[C@@H]1CCC(=O)N1Cc1cccc(F)c1F)[C@@H](CC1CC1)C(=O)OC. The van der Waals surface area contributed by atoms with Gasteiger partial charge in [-0.25, -0.2) is 13.6 Å². The number of benzene rings is 1. The monoisotopic (exact) mass is 422 g/mol. The molecule has 0 spiro atoms. The van der Waals surface area contributed by atoms with Crippen LogP contribution < -0.4 is 0 Å². The Kier molecular flexibility index (Phi) is 7.05. The molecule has 1 aliphatic heterocycles. The molecular formula is C22H28F2N2O4. The van der Waals surface area contributed by atoms with Crippen molar-refractivity contribution in [2.75, 3.05) is 13.7 Å². The van der Waals surface area contributed by atoms with Crippen molar-refractivity contribution in [3.8, 4) is 0 Å². The van der Waals surface area contributed by atoms with E-state index in [0.717, 1.165) is 18.9 Å². The van der Waals surface area contributed by atoms with Gasteiger partial charge in [0.2, 0.25) is 11.8 Å². The number of ether oxygens (including phenoxy) is 1. The lowest BCUT2D eigenvalue weighted by molar-refractivity contribution is -0.153. The molecule has 0 bridgehead atoms. The van der Waals surface area contributed by atoms with Crippen molar-refractivity contribution in [3.63, 3.8) is 0 Å². The number of carbonyl (C=O) groups excluding carboxylic acids is 3. The average Bonchev–Trinajstić information content (AvgIpc) is 3.49. The maximum absolute atomic E-state index is 14.1. The predicted molar refractivity (Wildman–Crippen MR) is 105 cm³/mol. The van der Waals surface area contributed by atoms with Crippen LogP contribution in [0.1, 0.15) is 51.0 Å². The fourth-order valence-corrected chi connectivity index (χ4v) is 4.12. The Morgan fingerprint density at radius 1 is 1.27 bits per heavy atom. The number of halogens is 2. The lowest BCUT2D eigenvalue weighted by Crippen LogP contribution is -2.47. The minimum absolute atomic E-state index is 0.0364. The van der Waals surface area contributed by atoms with Crippen LogP contribution in [-0.4, -0.2) is 53.3 Å². The minimum atomic E-state index is -0.979. The molecule has 6 nitrogen and oxygen atoms in total. The van der Waals surface area contributed by atoms with Gasteiger partial charge in [0.05, 0.1) is 7.11 Å².